The van der Waals surface area contributed by atoms with E-state index in [2.05, 4.69) is 38.2 Å². The average molecular weight is 716 g/mol. The van der Waals surface area contributed by atoms with Crippen LogP contribution in [-0.2, 0) is 37.7 Å². The van der Waals surface area contributed by atoms with Crippen molar-refractivity contribution in [3.63, 3.8) is 0 Å². The van der Waals surface area contributed by atoms with Gasteiger partial charge in [0, 0.05) is 42.4 Å². The molecule has 8 rings (SSSR count). The summed E-state index contributed by atoms with van der Waals surface area (Å²) >= 11 is 0. The first-order chi connectivity index (χ1) is 25.1. The topological polar surface area (TPSA) is 99.6 Å². The van der Waals surface area contributed by atoms with Crippen LogP contribution in [0.15, 0.2) is 97.1 Å². The number of benzene rings is 4. The number of carbonyl (C=O) groups excluding carboxylic acids is 3. The first kappa shape index (κ1) is 34.3. The van der Waals surface area contributed by atoms with E-state index in [4.69, 9.17) is 9.47 Å². The van der Waals surface area contributed by atoms with Gasteiger partial charge in [-0.2, -0.15) is 0 Å². The van der Waals surface area contributed by atoms with Crippen LogP contribution in [0.4, 0.5) is 17.1 Å². The number of fused-ring (bicyclic) bond motifs is 3. The fourth-order valence-electron chi connectivity index (χ4n) is 9.35. The van der Waals surface area contributed by atoms with Crippen molar-refractivity contribution in [1.82, 2.24) is 4.90 Å². The summed E-state index contributed by atoms with van der Waals surface area (Å²) in [7, 11) is -0.880. The highest BCUT2D eigenvalue weighted by atomic mass is 28.3. The normalized spacial score (nSPS) is 25.3. The van der Waals surface area contributed by atoms with Crippen LogP contribution in [0.3, 0.4) is 0 Å². The highest BCUT2D eigenvalue weighted by Gasteiger charge is 2.67. The summed E-state index contributed by atoms with van der Waals surface area (Å²) < 4.78 is 12.8. The molecular formula is C42H45N3O6Si. The number of hydrogen-bond donors (Lipinski definition) is 1. The Balaban J connectivity index is 1.24. The molecule has 1 spiro atoms. The van der Waals surface area contributed by atoms with E-state index < -0.39 is 19.8 Å². The van der Waals surface area contributed by atoms with Gasteiger partial charge in [0.1, 0.15) is 5.75 Å². The van der Waals surface area contributed by atoms with E-state index in [1.807, 2.05) is 78.9 Å². The summed E-state index contributed by atoms with van der Waals surface area (Å²) in [6, 6.07) is 31.3. The summed E-state index contributed by atoms with van der Waals surface area (Å²) in [5.41, 5.74) is 3.60. The molecule has 3 amide bonds. The molecule has 1 N–H and O–H groups in total. The maximum Gasteiger partial charge on any atom is 0.268 e. The van der Waals surface area contributed by atoms with Crippen molar-refractivity contribution in [3.05, 3.63) is 114 Å². The zero-order chi connectivity index (χ0) is 36.4. The van der Waals surface area contributed by atoms with Gasteiger partial charge in [0.25, 0.3) is 5.91 Å². The second-order valence-corrected chi connectivity index (χ2v) is 19.9. The van der Waals surface area contributed by atoms with Gasteiger partial charge < -0.3 is 24.4 Å². The number of amides is 3. The van der Waals surface area contributed by atoms with Crippen LogP contribution in [0.2, 0.25) is 18.6 Å². The van der Waals surface area contributed by atoms with Crippen molar-refractivity contribution in [3.8, 4) is 5.75 Å². The summed E-state index contributed by atoms with van der Waals surface area (Å²) in [6.07, 6.45) is 0.550. The second-order valence-electron chi connectivity index (χ2n) is 15.2. The molecule has 0 saturated carbocycles. The Labute approximate surface area is 305 Å². The number of ether oxygens (including phenoxy) is 2. The maximum atomic E-state index is 15.3. The fourth-order valence-corrected chi connectivity index (χ4v) is 13.4. The molecule has 52 heavy (non-hydrogen) atoms. The Morgan fingerprint density at radius 2 is 1.65 bits per heavy atom. The van der Waals surface area contributed by atoms with E-state index in [0.29, 0.717) is 25.9 Å². The van der Waals surface area contributed by atoms with Crippen LogP contribution in [-0.4, -0.2) is 68.2 Å². The SMILES string of the molecule is COc1ccc([Si](C)(C)[C@H]2[C@H](CC(=O)N3Cc4ccccc4C[C@H]3CO)O[C@@]3(C(=O)N(c4ccccc4)c4ccc(N5CCC5=O)cc43)[C@@H]2C)cc1. The molecule has 9 nitrogen and oxygen atoms in total. The first-order valence-corrected chi connectivity index (χ1v) is 21.3. The van der Waals surface area contributed by atoms with E-state index in [0.717, 1.165) is 39.5 Å². The molecular weight excluding hydrogens is 671 g/mol. The lowest BCUT2D eigenvalue weighted by Gasteiger charge is -2.39. The number of aliphatic hydroxyl groups excluding tert-OH is 1. The Bertz CT molecular complexity index is 2040. The van der Waals surface area contributed by atoms with E-state index in [1.165, 1.54) is 5.19 Å². The monoisotopic (exact) mass is 715 g/mol. The van der Waals surface area contributed by atoms with Crippen molar-refractivity contribution in [2.24, 2.45) is 5.92 Å². The molecule has 10 heteroatoms. The van der Waals surface area contributed by atoms with Crippen molar-refractivity contribution in [2.75, 3.05) is 30.1 Å². The molecule has 5 atom stereocenters. The Kier molecular flexibility index (Phi) is 8.59. The van der Waals surface area contributed by atoms with Crippen LogP contribution < -0.4 is 19.7 Å². The molecule has 0 unspecified atom stereocenters. The highest BCUT2D eigenvalue weighted by molar-refractivity contribution is 6.91. The number of β-lactam (4-membered cyclic amide) rings is 1. The lowest BCUT2D eigenvalue weighted by atomic mass is 9.82. The third-order valence-electron chi connectivity index (χ3n) is 12.2. The number of carbonyl (C=O) groups is 3. The number of aliphatic hydroxyl groups is 1. The number of nitrogens with zero attached hydrogens (tertiary/aromatic N) is 3. The second kappa shape index (κ2) is 13.0. The molecule has 4 aliphatic heterocycles. The van der Waals surface area contributed by atoms with Crippen molar-refractivity contribution in [2.45, 2.75) is 69.1 Å². The quantitative estimate of drug-likeness (QED) is 0.187. The Hall–Kier alpha value is -4.77. The van der Waals surface area contributed by atoms with Crippen LogP contribution in [0, 0.1) is 5.92 Å². The molecule has 2 fully saturated rings. The minimum absolute atomic E-state index is 0.0505. The van der Waals surface area contributed by atoms with Gasteiger partial charge in [-0.1, -0.05) is 79.8 Å². The number of anilines is 3. The zero-order valence-electron chi connectivity index (χ0n) is 30.1. The lowest BCUT2D eigenvalue weighted by molar-refractivity contribution is -0.150. The van der Waals surface area contributed by atoms with Gasteiger partial charge in [-0.15, -0.1) is 0 Å². The van der Waals surface area contributed by atoms with Gasteiger partial charge in [-0.05, 0) is 65.6 Å². The van der Waals surface area contributed by atoms with Crippen LogP contribution in [0.1, 0.15) is 36.5 Å². The predicted octanol–water partition coefficient (Wildman–Crippen LogP) is 5.66. The third kappa shape index (κ3) is 5.30. The third-order valence-corrected chi connectivity index (χ3v) is 16.5. The van der Waals surface area contributed by atoms with Gasteiger partial charge in [0.2, 0.25) is 11.8 Å². The minimum Gasteiger partial charge on any atom is -0.497 e. The number of methoxy groups -OCH3 is 1. The van der Waals surface area contributed by atoms with Gasteiger partial charge in [0.05, 0.1) is 46.0 Å². The molecule has 4 heterocycles. The van der Waals surface area contributed by atoms with Gasteiger partial charge in [-0.3, -0.25) is 19.3 Å². The molecule has 268 valence electrons. The van der Waals surface area contributed by atoms with E-state index >= 15 is 4.79 Å². The molecule has 0 aromatic heterocycles. The Morgan fingerprint density at radius 3 is 2.31 bits per heavy atom. The van der Waals surface area contributed by atoms with Gasteiger partial charge in [0.15, 0.2) is 5.60 Å². The Morgan fingerprint density at radius 1 is 0.942 bits per heavy atom. The maximum absolute atomic E-state index is 15.3. The van der Waals surface area contributed by atoms with E-state index in [1.54, 1.807) is 21.8 Å². The van der Waals surface area contributed by atoms with E-state index in [-0.39, 0.29) is 48.3 Å². The molecule has 0 radical (unpaired) electrons. The van der Waals surface area contributed by atoms with Crippen molar-refractivity contribution >= 4 is 48.0 Å². The molecule has 4 aromatic carbocycles. The standard InChI is InChI=1S/C42H45N3O6Si/c1-27-40(52(3,4)34-17-15-33(50-2)16-18-34)37(24-39(48)44-25-29-11-9-8-10-28(29)22-32(44)26-46)51-42(27)35-23-31(43-21-20-38(43)47)14-19-36(35)45(41(42)49)30-12-6-5-7-13-30/h5-19,23,27,32,37,40,46H,20-22,24-26H2,1-4H3/t27-,32+,37+,40-,42+/m1/s1. The van der Waals surface area contributed by atoms with Crippen molar-refractivity contribution < 1.29 is 29.0 Å². The molecule has 2 saturated heterocycles. The zero-order valence-corrected chi connectivity index (χ0v) is 31.1. The number of para-hydroxylation sites is 1. The van der Waals surface area contributed by atoms with Crippen LogP contribution in [0.5, 0.6) is 5.75 Å². The predicted molar refractivity (Wildman–Crippen MR) is 203 cm³/mol. The average Bonchev–Trinajstić information content (AvgIpc) is 3.59. The summed E-state index contributed by atoms with van der Waals surface area (Å²) in [4.78, 5) is 47.8. The van der Waals surface area contributed by atoms with E-state index in [9.17, 15) is 14.7 Å². The number of rotatable bonds is 8. The highest BCUT2D eigenvalue weighted by Crippen LogP contribution is 2.61. The largest absolute Gasteiger partial charge is 0.497 e. The summed E-state index contributed by atoms with van der Waals surface area (Å²) in [5.74, 6) is 0.201. The van der Waals surface area contributed by atoms with Gasteiger partial charge in [-0.25, -0.2) is 0 Å². The molecule has 0 aliphatic carbocycles. The molecule has 4 aromatic rings. The van der Waals surface area contributed by atoms with Crippen LogP contribution in [0.25, 0.3) is 0 Å². The van der Waals surface area contributed by atoms with Crippen molar-refractivity contribution in [1.29, 1.82) is 0 Å². The number of hydrogen-bond acceptors (Lipinski definition) is 6. The molecule has 4 aliphatic rings. The molecule has 0 bridgehead atoms. The smallest absolute Gasteiger partial charge is 0.268 e. The first-order valence-electron chi connectivity index (χ1n) is 18.2. The summed E-state index contributed by atoms with van der Waals surface area (Å²) in [6.45, 7) is 7.60. The van der Waals surface area contributed by atoms with Gasteiger partial charge >= 0.3 is 0 Å². The fraction of sp³-hybridized carbons (Fsp3) is 0.357. The minimum atomic E-state index is -2.53. The van der Waals surface area contributed by atoms with Crippen LogP contribution >= 0.6 is 0 Å². The lowest BCUT2D eigenvalue weighted by Crippen LogP contribution is -2.52. The summed E-state index contributed by atoms with van der Waals surface area (Å²) in [5, 5.41) is 11.6.